The fraction of sp³-hybridized carbons (Fsp3) is 0.905. The van der Waals surface area contributed by atoms with Crippen LogP contribution in [0.2, 0.25) is 0 Å². The highest BCUT2D eigenvalue weighted by Gasteiger charge is 2.72. The SMILES string of the molecule is CC(C)(COC(=O)C1CC2CC1C1OC21)COC(=O)C1CC2CC1C1OC21.CC(C)(COC(=O)C1CC2OC1C1OC21)COC(=O)C1CC2OC1C1OC21.CC1C2CC(C3OC23)C1C(=O)OCC(C)(C)COC(=O)C1C(C)C2CC1C1OC21.CCC(COC)(COC(=O)C1CCC2OC2C1)COC(=O)C1CCC2OC2C1. The quantitative estimate of drug-likeness (QED) is 0.0461. The maximum absolute atomic E-state index is 12.8. The summed E-state index contributed by atoms with van der Waals surface area (Å²) in [6, 6.07) is 0. The van der Waals surface area contributed by atoms with Gasteiger partial charge in [-0.1, -0.05) is 62.3 Å². The van der Waals surface area contributed by atoms with E-state index in [-0.39, 0.29) is 214 Å². The number of epoxide rings is 8. The van der Waals surface area contributed by atoms with Crippen molar-refractivity contribution in [3.63, 3.8) is 0 Å². The predicted octanol–water partition coefficient (Wildman–Crippen LogP) is 6.84. The molecule has 111 heavy (non-hydrogen) atoms. The first-order chi connectivity index (χ1) is 53.1. The van der Waals surface area contributed by atoms with Crippen LogP contribution in [0.3, 0.4) is 0 Å². The highest BCUT2D eigenvalue weighted by molar-refractivity contribution is 5.78. The van der Waals surface area contributed by atoms with Gasteiger partial charge in [-0.05, 0) is 132 Å². The van der Waals surface area contributed by atoms with E-state index >= 15 is 0 Å². The van der Waals surface area contributed by atoms with Crippen molar-refractivity contribution >= 4 is 47.8 Å². The van der Waals surface area contributed by atoms with Gasteiger partial charge in [-0.25, -0.2) is 0 Å². The van der Waals surface area contributed by atoms with Crippen molar-refractivity contribution in [2.24, 2.45) is 128 Å². The molecule has 10 aliphatic carbocycles. The Kier molecular flexibility index (Phi) is 19.6. The van der Waals surface area contributed by atoms with Crippen molar-refractivity contribution in [3.8, 4) is 0 Å². The number of carbonyl (C=O) groups is 8. The lowest BCUT2D eigenvalue weighted by Gasteiger charge is -2.32. The van der Waals surface area contributed by atoms with Crippen LogP contribution in [-0.4, -0.2) is 236 Å². The molecule has 12 bridgehead atoms. The molecule has 0 aromatic rings. The highest BCUT2D eigenvalue weighted by atomic mass is 16.7. The van der Waals surface area contributed by atoms with Crippen LogP contribution < -0.4 is 0 Å². The molecule has 27 nitrogen and oxygen atoms in total. The van der Waals surface area contributed by atoms with Crippen LogP contribution in [-0.2, 0) is 128 Å². The standard InChI is InChI=1S/C23H32O6.C21H32O7.C21H28O6.C19H24O8/c1-9-11-5-13(19-17(11)28-19)15(9)21(24)26-7-23(3,4)8-27-22(25)16-10(2)12-6-14(16)20-18(12)29-20;1-3-21(10-24-2,11-25-19(22)13-4-6-15-17(8-13)27-15)12-26-20(23)14-5-7-16-18(9-14)28-16;1-21(2,7-24-19(22)13-5-9-3-11(13)17-15(9)26-17)8-25-20(23)14-6-10-4-12(14)18-16(10)27-18;1-19(2,5-22-17(20)7-3-9-13-15(26-13)11(7)24-9)6-23-18(21)8-4-10-14-16(27-14)12(8)25-10/h9-20H,5-8H2,1-4H3;13-18H,3-12H2,1-2H3;9-18H,3-8H2,1-2H3;7-16H,3-6H2,1-2H3. The van der Waals surface area contributed by atoms with E-state index in [2.05, 4.69) is 13.8 Å². The number of methoxy groups -OCH3 is 1. The minimum absolute atomic E-state index is 0.00220. The van der Waals surface area contributed by atoms with Crippen molar-refractivity contribution in [2.75, 3.05) is 66.6 Å². The summed E-state index contributed by atoms with van der Waals surface area (Å²) in [7, 11) is 1.62. The summed E-state index contributed by atoms with van der Waals surface area (Å²) in [6.45, 7) is 20.4. The Morgan fingerprint density at radius 3 is 0.964 bits per heavy atom. The molecule has 12 heterocycles. The number of hydrogen-bond donors (Lipinski definition) is 0. The van der Waals surface area contributed by atoms with Crippen molar-refractivity contribution in [3.05, 3.63) is 0 Å². The second-order valence-corrected chi connectivity index (χ2v) is 40.3. The molecule has 0 radical (unpaired) electrons. The molecule has 0 amide bonds. The Morgan fingerprint density at radius 2 is 0.631 bits per heavy atom. The first-order valence-electron chi connectivity index (χ1n) is 42.5. The number of esters is 8. The Labute approximate surface area is 648 Å². The van der Waals surface area contributed by atoms with E-state index in [0.29, 0.717) is 146 Å². The van der Waals surface area contributed by atoms with Crippen LogP contribution in [0, 0.1) is 128 Å². The molecular weight excluding hydrogens is 1440 g/mol. The van der Waals surface area contributed by atoms with E-state index in [1.54, 1.807) is 7.11 Å². The summed E-state index contributed by atoms with van der Waals surface area (Å²) < 4.78 is 107. The topological polar surface area (TPSA) is 338 Å². The molecule has 22 rings (SSSR count). The third-order valence-corrected chi connectivity index (χ3v) is 30.7. The van der Waals surface area contributed by atoms with Gasteiger partial charge in [0.1, 0.15) is 49.8 Å². The Morgan fingerprint density at radius 1 is 0.288 bits per heavy atom. The van der Waals surface area contributed by atoms with E-state index in [0.717, 1.165) is 77.0 Å². The van der Waals surface area contributed by atoms with Crippen LogP contribution in [0.1, 0.15) is 159 Å². The van der Waals surface area contributed by atoms with Gasteiger partial charge in [0, 0.05) is 47.0 Å². The van der Waals surface area contributed by atoms with Gasteiger partial charge in [-0.3, -0.25) is 38.4 Å². The zero-order valence-electron chi connectivity index (χ0n) is 65.9. The van der Waals surface area contributed by atoms with Gasteiger partial charge in [0.2, 0.25) is 0 Å². The van der Waals surface area contributed by atoms with E-state index in [9.17, 15) is 38.4 Å². The Hall–Kier alpha value is -4.68. The maximum Gasteiger partial charge on any atom is 0.311 e. The molecule has 22 aliphatic rings. The van der Waals surface area contributed by atoms with Gasteiger partial charge in [-0.2, -0.15) is 0 Å². The highest BCUT2D eigenvalue weighted by Crippen LogP contribution is 2.65. The summed E-state index contributed by atoms with van der Waals surface area (Å²) >= 11 is 0. The molecule has 22 fully saturated rings. The molecular formula is C84H116O27. The summed E-state index contributed by atoms with van der Waals surface area (Å²) in [5, 5.41) is 0. The van der Waals surface area contributed by atoms with E-state index in [4.69, 9.17) is 90.0 Å². The molecule has 12 saturated heterocycles. The molecule has 0 aromatic heterocycles. The summed E-state index contributed by atoms with van der Waals surface area (Å²) in [5.41, 5.74) is -1.75. The fourth-order valence-electron chi connectivity index (χ4n) is 23.8. The minimum atomic E-state index is -0.513. The molecule has 0 spiro atoms. The normalized spacial score (nSPS) is 47.8. The lowest BCUT2D eigenvalue weighted by atomic mass is 9.80. The second kappa shape index (κ2) is 28.6. The average molecular weight is 1560 g/mol. The molecule has 38 atom stereocenters. The van der Waals surface area contributed by atoms with Crippen molar-refractivity contribution < 1.29 is 128 Å². The van der Waals surface area contributed by atoms with E-state index in [1.165, 1.54) is 0 Å². The van der Waals surface area contributed by atoms with Crippen LogP contribution in [0.25, 0.3) is 0 Å². The minimum Gasteiger partial charge on any atom is -0.465 e. The van der Waals surface area contributed by atoms with Crippen LogP contribution in [0.5, 0.6) is 0 Å². The Balaban J connectivity index is 0.0000001000. The third-order valence-electron chi connectivity index (χ3n) is 30.7. The van der Waals surface area contributed by atoms with Crippen molar-refractivity contribution in [1.82, 2.24) is 0 Å². The second-order valence-electron chi connectivity index (χ2n) is 40.3. The first kappa shape index (κ1) is 76.3. The summed E-state index contributed by atoms with van der Waals surface area (Å²) in [5.74, 6) is 2.28. The zero-order chi connectivity index (χ0) is 77.0. The lowest BCUT2D eigenvalue weighted by molar-refractivity contribution is -0.164. The molecule has 614 valence electrons. The monoisotopic (exact) mass is 1560 g/mol. The van der Waals surface area contributed by atoms with Crippen molar-refractivity contribution in [1.29, 1.82) is 0 Å². The van der Waals surface area contributed by atoms with Gasteiger partial charge < -0.3 is 90.0 Å². The number of fused-ring (bicyclic) bond motifs is 32. The average Bonchev–Trinajstić information content (AvgIpc) is 1.56. The summed E-state index contributed by atoms with van der Waals surface area (Å²) in [6.07, 6.45) is 17.8. The Bertz CT molecular complexity index is 3300. The number of ether oxygens (including phenoxy) is 19. The van der Waals surface area contributed by atoms with Gasteiger partial charge in [0.15, 0.2) is 0 Å². The number of carbonyl (C=O) groups excluding carboxylic acids is 8. The predicted molar refractivity (Wildman–Crippen MR) is 379 cm³/mol. The molecule has 0 N–H and O–H groups in total. The largest absolute Gasteiger partial charge is 0.465 e. The van der Waals surface area contributed by atoms with Crippen LogP contribution in [0.4, 0.5) is 0 Å². The van der Waals surface area contributed by atoms with Crippen LogP contribution >= 0.6 is 0 Å². The van der Waals surface area contributed by atoms with E-state index < -0.39 is 16.2 Å². The van der Waals surface area contributed by atoms with E-state index in [1.807, 2.05) is 48.5 Å². The smallest absolute Gasteiger partial charge is 0.311 e. The van der Waals surface area contributed by atoms with Gasteiger partial charge in [0.25, 0.3) is 0 Å². The van der Waals surface area contributed by atoms with Crippen LogP contribution in [0.15, 0.2) is 0 Å². The molecule has 27 heteroatoms. The fourth-order valence-corrected chi connectivity index (χ4v) is 23.8. The maximum atomic E-state index is 12.8. The molecule has 12 aliphatic heterocycles. The lowest BCUT2D eigenvalue weighted by Crippen LogP contribution is -2.40. The third kappa shape index (κ3) is 14.7. The first-order valence-corrected chi connectivity index (χ1v) is 42.5. The van der Waals surface area contributed by atoms with Crippen molar-refractivity contribution in [2.45, 2.75) is 281 Å². The number of rotatable bonds is 27. The number of hydrogen-bond acceptors (Lipinski definition) is 27. The molecule has 38 unspecified atom stereocenters. The zero-order valence-corrected chi connectivity index (χ0v) is 65.9. The van der Waals surface area contributed by atoms with Gasteiger partial charge in [-0.15, -0.1) is 0 Å². The van der Waals surface area contributed by atoms with Gasteiger partial charge in [0.05, 0.1) is 184 Å². The molecule has 10 saturated carbocycles. The summed E-state index contributed by atoms with van der Waals surface area (Å²) in [4.78, 5) is 100. The molecule has 0 aromatic carbocycles. The van der Waals surface area contributed by atoms with Gasteiger partial charge >= 0.3 is 47.8 Å².